The third-order valence-electron chi connectivity index (χ3n) is 3.74. The Labute approximate surface area is 170 Å². The van der Waals surface area contributed by atoms with Gasteiger partial charge in [-0.3, -0.25) is 14.9 Å². The minimum Gasteiger partial charge on any atom is -0.345 e. The maximum atomic E-state index is 12.5. The molecule has 5 nitrogen and oxygen atoms in total. The number of amides is 2. The van der Waals surface area contributed by atoms with Gasteiger partial charge in [0.1, 0.15) is 4.88 Å². The molecule has 0 spiro atoms. The predicted molar refractivity (Wildman–Crippen MR) is 115 cm³/mol. The fourth-order valence-corrected chi connectivity index (χ4v) is 4.09. The minimum atomic E-state index is -0.376. The number of thiocarbonyl (C=S) groups is 1. The van der Waals surface area contributed by atoms with Gasteiger partial charge in [0.05, 0.1) is 5.02 Å². The van der Waals surface area contributed by atoms with Gasteiger partial charge in [-0.25, -0.2) is 0 Å². The van der Waals surface area contributed by atoms with Crippen LogP contribution < -0.4 is 10.6 Å². The van der Waals surface area contributed by atoms with Crippen molar-refractivity contribution < 1.29 is 9.59 Å². The smallest absolute Gasteiger partial charge is 0.269 e. The first-order valence-electron chi connectivity index (χ1n) is 7.98. The predicted octanol–water partition coefficient (Wildman–Crippen LogP) is 4.38. The van der Waals surface area contributed by atoms with Gasteiger partial charge in [0.2, 0.25) is 0 Å². The van der Waals surface area contributed by atoms with Crippen LogP contribution in [0.25, 0.3) is 10.1 Å². The number of halogens is 1. The number of benzene rings is 2. The molecule has 138 valence electrons. The Bertz CT molecular complexity index is 1050. The fourth-order valence-electron chi connectivity index (χ4n) is 2.47. The topological polar surface area (TPSA) is 61.4 Å². The Balaban J connectivity index is 1.72. The van der Waals surface area contributed by atoms with Crippen LogP contribution in [-0.4, -0.2) is 35.9 Å². The van der Waals surface area contributed by atoms with E-state index in [2.05, 4.69) is 10.6 Å². The van der Waals surface area contributed by atoms with E-state index in [1.165, 1.54) is 16.2 Å². The number of rotatable bonds is 3. The van der Waals surface area contributed by atoms with Crippen LogP contribution in [0.5, 0.6) is 0 Å². The Hall–Kier alpha value is -2.48. The lowest BCUT2D eigenvalue weighted by atomic mass is 10.2. The summed E-state index contributed by atoms with van der Waals surface area (Å²) in [4.78, 5) is 26.5. The van der Waals surface area contributed by atoms with Crippen molar-refractivity contribution in [3.8, 4) is 0 Å². The van der Waals surface area contributed by atoms with Crippen molar-refractivity contribution in [1.29, 1.82) is 0 Å². The summed E-state index contributed by atoms with van der Waals surface area (Å²) in [7, 11) is 3.37. The van der Waals surface area contributed by atoms with Crippen molar-refractivity contribution in [3.05, 3.63) is 64.0 Å². The quantitative estimate of drug-likeness (QED) is 0.621. The molecule has 2 aromatic carbocycles. The van der Waals surface area contributed by atoms with E-state index in [1.54, 1.807) is 38.4 Å². The van der Waals surface area contributed by atoms with Gasteiger partial charge < -0.3 is 10.2 Å². The van der Waals surface area contributed by atoms with Gasteiger partial charge in [0, 0.05) is 35.4 Å². The van der Waals surface area contributed by atoms with Crippen molar-refractivity contribution in [2.75, 3.05) is 19.4 Å². The normalized spacial score (nSPS) is 10.5. The Morgan fingerprint density at radius 2 is 1.85 bits per heavy atom. The van der Waals surface area contributed by atoms with Crippen molar-refractivity contribution >= 4 is 67.9 Å². The van der Waals surface area contributed by atoms with Gasteiger partial charge in [0.15, 0.2) is 5.11 Å². The van der Waals surface area contributed by atoms with Gasteiger partial charge >= 0.3 is 0 Å². The average molecular weight is 418 g/mol. The number of fused-ring (bicyclic) bond motifs is 1. The molecule has 2 amide bonds. The zero-order valence-electron chi connectivity index (χ0n) is 14.6. The maximum Gasteiger partial charge on any atom is 0.269 e. The highest BCUT2D eigenvalue weighted by Gasteiger charge is 2.18. The zero-order valence-corrected chi connectivity index (χ0v) is 17.0. The Morgan fingerprint density at radius 3 is 2.56 bits per heavy atom. The monoisotopic (exact) mass is 417 g/mol. The van der Waals surface area contributed by atoms with Crippen molar-refractivity contribution in [1.82, 2.24) is 10.2 Å². The van der Waals surface area contributed by atoms with E-state index in [0.29, 0.717) is 21.2 Å². The molecule has 0 bridgehead atoms. The molecule has 0 saturated heterocycles. The summed E-state index contributed by atoms with van der Waals surface area (Å²) >= 11 is 12.9. The molecule has 1 aromatic heterocycles. The molecule has 8 heteroatoms. The number of carbonyl (C=O) groups excluding carboxylic acids is 2. The van der Waals surface area contributed by atoms with Crippen LogP contribution in [0, 0.1) is 0 Å². The average Bonchev–Trinajstić information content (AvgIpc) is 2.98. The second-order valence-corrected chi connectivity index (χ2v) is 7.77. The van der Waals surface area contributed by atoms with Crippen LogP contribution in [0.3, 0.4) is 0 Å². The SMILES string of the molecule is CN(C)C(=O)c1cccc(NC(=S)NC(=O)c2sc3ccccc3c2Cl)c1. The highest BCUT2D eigenvalue weighted by Crippen LogP contribution is 2.34. The molecule has 3 aromatic rings. The maximum absolute atomic E-state index is 12.5. The summed E-state index contributed by atoms with van der Waals surface area (Å²) in [5.41, 5.74) is 1.13. The van der Waals surface area contributed by atoms with E-state index in [-0.39, 0.29) is 16.9 Å². The van der Waals surface area contributed by atoms with E-state index < -0.39 is 0 Å². The molecule has 0 aliphatic carbocycles. The molecule has 2 N–H and O–H groups in total. The van der Waals surface area contributed by atoms with Gasteiger partial charge in [-0.1, -0.05) is 35.9 Å². The van der Waals surface area contributed by atoms with Crippen LogP contribution in [0.2, 0.25) is 5.02 Å². The lowest BCUT2D eigenvalue weighted by Crippen LogP contribution is -2.33. The van der Waals surface area contributed by atoms with Crippen LogP contribution >= 0.6 is 35.2 Å². The molecule has 0 radical (unpaired) electrons. The number of hydrogen-bond acceptors (Lipinski definition) is 4. The van der Waals surface area contributed by atoms with Crippen molar-refractivity contribution in [3.63, 3.8) is 0 Å². The van der Waals surface area contributed by atoms with Gasteiger partial charge in [-0.05, 0) is 36.5 Å². The molecule has 0 aliphatic rings. The third kappa shape index (κ3) is 4.27. The van der Waals surface area contributed by atoms with Crippen molar-refractivity contribution in [2.45, 2.75) is 0 Å². The summed E-state index contributed by atoms with van der Waals surface area (Å²) in [5.74, 6) is -0.495. The zero-order chi connectivity index (χ0) is 19.6. The summed E-state index contributed by atoms with van der Waals surface area (Å²) in [6.45, 7) is 0. The molecule has 1 heterocycles. The number of carbonyl (C=O) groups is 2. The second kappa shape index (κ2) is 8.04. The summed E-state index contributed by atoms with van der Waals surface area (Å²) in [5, 5.41) is 6.93. The number of hydrogen-bond donors (Lipinski definition) is 2. The lowest BCUT2D eigenvalue weighted by Gasteiger charge is -2.13. The molecule has 0 fully saturated rings. The van der Waals surface area contributed by atoms with E-state index in [9.17, 15) is 9.59 Å². The van der Waals surface area contributed by atoms with E-state index >= 15 is 0 Å². The Kier molecular flexibility index (Phi) is 5.74. The molecular formula is C19H16ClN3O2S2. The molecule has 0 atom stereocenters. The Morgan fingerprint density at radius 1 is 1.11 bits per heavy atom. The van der Waals surface area contributed by atoms with Gasteiger partial charge in [-0.15, -0.1) is 11.3 Å². The molecule has 0 unspecified atom stereocenters. The fraction of sp³-hybridized carbons (Fsp3) is 0.105. The third-order valence-corrected chi connectivity index (χ3v) is 5.62. The van der Waals surface area contributed by atoms with Crippen LogP contribution in [0.4, 0.5) is 5.69 Å². The lowest BCUT2D eigenvalue weighted by molar-refractivity contribution is 0.0827. The second-order valence-electron chi connectivity index (χ2n) is 5.93. The van der Waals surface area contributed by atoms with E-state index in [0.717, 1.165) is 10.1 Å². The first-order chi connectivity index (χ1) is 12.9. The molecule has 27 heavy (non-hydrogen) atoms. The number of nitrogens with one attached hydrogen (secondary N) is 2. The number of anilines is 1. The largest absolute Gasteiger partial charge is 0.345 e. The summed E-state index contributed by atoms with van der Waals surface area (Å²) in [6, 6.07) is 14.4. The molecular weight excluding hydrogens is 402 g/mol. The highest BCUT2D eigenvalue weighted by atomic mass is 35.5. The first kappa shape index (κ1) is 19.3. The van der Waals surface area contributed by atoms with Crippen LogP contribution in [0.1, 0.15) is 20.0 Å². The summed E-state index contributed by atoms with van der Waals surface area (Å²) < 4.78 is 0.932. The van der Waals surface area contributed by atoms with E-state index in [4.69, 9.17) is 23.8 Å². The molecule has 0 aliphatic heterocycles. The van der Waals surface area contributed by atoms with Crippen molar-refractivity contribution in [2.24, 2.45) is 0 Å². The van der Waals surface area contributed by atoms with E-state index in [1.807, 2.05) is 24.3 Å². The minimum absolute atomic E-state index is 0.120. The number of thiophene rings is 1. The van der Waals surface area contributed by atoms with Gasteiger partial charge in [0.25, 0.3) is 11.8 Å². The first-order valence-corrected chi connectivity index (χ1v) is 9.58. The van der Waals surface area contributed by atoms with Crippen LogP contribution in [0.15, 0.2) is 48.5 Å². The summed E-state index contributed by atoms with van der Waals surface area (Å²) in [6.07, 6.45) is 0. The van der Waals surface area contributed by atoms with Gasteiger partial charge in [-0.2, -0.15) is 0 Å². The molecule has 0 saturated carbocycles. The van der Waals surface area contributed by atoms with Crippen LogP contribution in [-0.2, 0) is 0 Å². The highest BCUT2D eigenvalue weighted by molar-refractivity contribution is 7.80. The number of nitrogens with zero attached hydrogens (tertiary/aromatic N) is 1. The standard InChI is InChI=1S/C19H16ClN3O2S2/c1-23(2)18(25)11-6-5-7-12(10-11)21-19(26)22-17(24)16-15(20)13-8-3-4-9-14(13)27-16/h3-10H,1-2H3,(H2,21,22,24,26). The molecule has 3 rings (SSSR count).